The van der Waals surface area contributed by atoms with E-state index in [1.54, 1.807) is 56.7 Å². The molecule has 0 aliphatic carbocycles. The second-order valence-corrected chi connectivity index (χ2v) is 17.6. The molecule has 0 radical (unpaired) electrons. The lowest BCUT2D eigenvalue weighted by molar-refractivity contribution is -0.140. The van der Waals surface area contributed by atoms with Gasteiger partial charge in [-0.25, -0.2) is 0 Å². The van der Waals surface area contributed by atoms with Gasteiger partial charge in [0.05, 0.1) is 15.5 Å². The highest BCUT2D eigenvalue weighted by atomic mass is 127. The SMILES string of the molecule is N[C@H](COc1cc(-c2ccc(I)s2)sc1-c1ccc(-c2sc(-c3ccc(I)s3)cc2OC[C@H](N)C(=O)O)s1)C(=O)O. The first-order valence-corrected chi connectivity index (χ1v) is 17.9. The van der Waals surface area contributed by atoms with Gasteiger partial charge in [0.15, 0.2) is 0 Å². The number of ether oxygens (including phenoxy) is 2. The van der Waals surface area contributed by atoms with Gasteiger partial charge >= 0.3 is 11.9 Å². The normalized spacial score (nSPS) is 12.8. The zero-order valence-electron chi connectivity index (χ0n) is 20.7. The van der Waals surface area contributed by atoms with E-state index in [2.05, 4.69) is 57.3 Å². The minimum Gasteiger partial charge on any atom is -0.490 e. The Bertz CT molecular complexity index is 1580. The number of nitrogens with two attached hydrogens (primary N) is 2. The van der Waals surface area contributed by atoms with Crippen molar-refractivity contribution < 1.29 is 29.3 Å². The fourth-order valence-corrected chi connectivity index (χ4v) is 10.4. The van der Waals surface area contributed by atoms with Gasteiger partial charge in [0, 0.05) is 41.4 Å². The van der Waals surface area contributed by atoms with Crippen LogP contribution in [0.15, 0.2) is 48.5 Å². The molecule has 6 N–H and O–H groups in total. The van der Waals surface area contributed by atoms with Crippen LogP contribution in [0.1, 0.15) is 0 Å². The van der Waals surface area contributed by atoms with Crippen molar-refractivity contribution in [2.45, 2.75) is 12.1 Å². The molecule has 0 aliphatic heterocycles. The van der Waals surface area contributed by atoms with Gasteiger partial charge in [-0.15, -0.1) is 56.7 Å². The molecule has 0 fully saturated rings. The summed E-state index contributed by atoms with van der Waals surface area (Å²) in [6.45, 7) is -0.317. The zero-order valence-corrected chi connectivity index (χ0v) is 29.1. The highest BCUT2D eigenvalue weighted by Gasteiger charge is 2.23. The molecule has 0 aromatic carbocycles. The average molecular weight is 871 g/mol. The molecule has 0 aliphatic rings. The van der Waals surface area contributed by atoms with Crippen molar-refractivity contribution in [1.29, 1.82) is 0 Å². The van der Waals surface area contributed by atoms with E-state index in [0.717, 1.165) is 44.8 Å². The summed E-state index contributed by atoms with van der Waals surface area (Å²) in [7, 11) is 0. The predicted molar refractivity (Wildman–Crippen MR) is 185 cm³/mol. The molecule has 0 saturated heterocycles. The second kappa shape index (κ2) is 13.4. The standard InChI is InChI=1S/C26H20I2N2O6S5/c27-21-5-3-15(38-21)19-7-13(35-9-11(29)25(31)32)23(40-19)17-1-2-18(37-17)24-14(36-10-12(30)26(33)34)8-20(41-24)16-4-6-22(28)39-16/h1-8,11-12H,9-10,29-30H2,(H,31,32)(H,33,34)/t11-,12+. The first kappa shape index (κ1) is 30.9. The molecule has 15 heteroatoms. The number of rotatable bonds is 12. The Morgan fingerprint density at radius 1 is 0.634 bits per heavy atom. The Hall–Kier alpha value is -1.58. The molecule has 214 valence electrons. The molecular formula is C26H20I2N2O6S5. The maximum Gasteiger partial charge on any atom is 0.324 e. The third-order valence-corrected chi connectivity index (χ3v) is 13.4. The van der Waals surface area contributed by atoms with E-state index < -0.39 is 24.0 Å². The lowest BCUT2D eigenvalue weighted by Gasteiger charge is -2.09. The number of halogens is 2. The largest absolute Gasteiger partial charge is 0.490 e. The molecule has 0 saturated carbocycles. The molecular weight excluding hydrogens is 850 g/mol. The van der Waals surface area contributed by atoms with E-state index >= 15 is 0 Å². The van der Waals surface area contributed by atoms with Crippen LogP contribution in [0.3, 0.4) is 0 Å². The van der Waals surface area contributed by atoms with Gasteiger partial charge in [0.25, 0.3) is 0 Å². The maximum absolute atomic E-state index is 11.3. The van der Waals surface area contributed by atoms with Crippen LogP contribution in [0.25, 0.3) is 39.0 Å². The van der Waals surface area contributed by atoms with Gasteiger partial charge in [-0.2, -0.15) is 0 Å². The van der Waals surface area contributed by atoms with E-state index in [9.17, 15) is 19.8 Å². The van der Waals surface area contributed by atoms with E-state index in [1.165, 1.54) is 0 Å². The van der Waals surface area contributed by atoms with E-state index in [4.69, 9.17) is 20.9 Å². The summed E-state index contributed by atoms with van der Waals surface area (Å²) in [5, 5.41) is 18.5. The summed E-state index contributed by atoms with van der Waals surface area (Å²) in [5.74, 6) is -1.11. The summed E-state index contributed by atoms with van der Waals surface area (Å²) in [5.41, 5.74) is 11.4. The van der Waals surface area contributed by atoms with Gasteiger partial charge in [0.1, 0.15) is 36.8 Å². The number of carboxylic acid groups (broad SMARTS) is 2. The Balaban J connectivity index is 1.51. The van der Waals surface area contributed by atoms with Crippen molar-refractivity contribution >= 4 is 114 Å². The third-order valence-electron chi connectivity index (χ3n) is 5.55. The molecule has 5 heterocycles. The number of hydrogen-bond donors (Lipinski definition) is 4. The van der Waals surface area contributed by atoms with E-state index in [-0.39, 0.29) is 13.2 Å². The molecule has 5 rings (SSSR count). The van der Waals surface area contributed by atoms with Crippen LogP contribution in [0.4, 0.5) is 0 Å². The highest BCUT2D eigenvalue weighted by Crippen LogP contribution is 2.51. The number of aliphatic carboxylic acids is 2. The van der Waals surface area contributed by atoms with Gasteiger partial charge < -0.3 is 31.2 Å². The van der Waals surface area contributed by atoms with Crippen molar-refractivity contribution in [2.24, 2.45) is 11.5 Å². The van der Waals surface area contributed by atoms with Gasteiger partial charge in [0.2, 0.25) is 0 Å². The zero-order chi connectivity index (χ0) is 29.3. The molecule has 0 spiro atoms. The summed E-state index contributed by atoms with van der Waals surface area (Å²) >= 11 is 12.6. The number of thiophene rings is 5. The third kappa shape index (κ3) is 7.32. The minimum atomic E-state index is -1.14. The topological polar surface area (TPSA) is 145 Å². The minimum absolute atomic E-state index is 0.158. The second-order valence-electron chi connectivity index (χ2n) is 8.49. The van der Waals surface area contributed by atoms with E-state index in [1.807, 2.05) is 36.4 Å². The lowest BCUT2D eigenvalue weighted by atomic mass is 10.3. The molecule has 5 aromatic heterocycles. The summed E-state index contributed by atoms with van der Waals surface area (Å²) in [4.78, 5) is 30.4. The van der Waals surface area contributed by atoms with E-state index in [0.29, 0.717) is 11.5 Å². The van der Waals surface area contributed by atoms with Crippen LogP contribution in [0.2, 0.25) is 0 Å². The molecule has 5 aromatic rings. The van der Waals surface area contributed by atoms with Crippen LogP contribution in [-0.2, 0) is 9.59 Å². The van der Waals surface area contributed by atoms with Crippen LogP contribution in [-0.4, -0.2) is 47.4 Å². The fraction of sp³-hybridized carbons (Fsp3) is 0.154. The molecule has 0 unspecified atom stereocenters. The summed E-state index contributed by atoms with van der Waals surface area (Å²) in [6, 6.07) is 13.8. The number of hydrogen-bond acceptors (Lipinski definition) is 11. The van der Waals surface area contributed by atoms with Crippen molar-refractivity contribution in [3.8, 4) is 50.5 Å². The van der Waals surface area contributed by atoms with Gasteiger partial charge in [-0.1, -0.05) is 0 Å². The first-order valence-electron chi connectivity index (χ1n) is 11.7. The lowest BCUT2D eigenvalue weighted by Crippen LogP contribution is -2.36. The Morgan fingerprint density at radius 2 is 1.02 bits per heavy atom. The average Bonchev–Trinajstić information content (AvgIpc) is 3.75. The quantitative estimate of drug-likeness (QED) is 0.0947. The van der Waals surface area contributed by atoms with Crippen molar-refractivity contribution in [1.82, 2.24) is 0 Å². The smallest absolute Gasteiger partial charge is 0.324 e. The van der Waals surface area contributed by atoms with Crippen LogP contribution < -0.4 is 20.9 Å². The number of carboxylic acids is 2. The monoisotopic (exact) mass is 870 g/mol. The fourth-order valence-electron chi connectivity index (χ4n) is 3.53. The van der Waals surface area contributed by atoms with Gasteiger partial charge in [-0.3, -0.25) is 9.59 Å². The van der Waals surface area contributed by atoms with Crippen molar-refractivity contribution in [3.63, 3.8) is 0 Å². The van der Waals surface area contributed by atoms with Crippen LogP contribution in [0, 0.1) is 5.77 Å². The molecule has 8 nitrogen and oxygen atoms in total. The molecule has 2 atom stereocenters. The molecule has 0 bridgehead atoms. The Labute approximate surface area is 281 Å². The summed E-state index contributed by atoms with van der Waals surface area (Å²) in [6.07, 6.45) is 0. The predicted octanol–water partition coefficient (Wildman–Crippen LogP) is 7.45. The van der Waals surface area contributed by atoms with Crippen LogP contribution >= 0.6 is 102 Å². The first-order chi connectivity index (χ1) is 19.6. The maximum atomic E-state index is 11.3. The van der Waals surface area contributed by atoms with Crippen molar-refractivity contribution in [2.75, 3.05) is 13.2 Å². The van der Waals surface area contributed by atoms with Crippen molar-refractivity contribution in [3.05, 3.63) is 54.3 Å². The Kier molecular flexibility index (Phi) is 10.1. The molecule has 0 amide bonds. The van der Waals surface area contributed by atoms with Gasteiger partial charge in [-0.05, 0) is 81.6 Å². The van der Waals surface area contributed by atoms with Crippen LogP contribution in [0.5, 0.6) is 11.5 Å². The molecule has 41 heavy (non-hydrogen) atoms. The Morgan fingerprint density at radius 3 is 1.37 bits per heavy atom. The number of carbonyl (C=O) groups is 2. The highest BCUT2D eigenvalue weighted by molar-refractivity contribution is 14.1. The summed E-state index contributed by atoms with van der Waals surface area (Å²) < 4.78 is 14.2.